The van der Waals surface area contributed by atoms with Crippen molar-refractivity contribution >= 4 is 28.2 Å². The third-order valence-electron chi connectivity index (χ3n) is 2.62. The van der Waals surface area contributed by atoms with E-state index in [9.17, 15) is 0 Å². The second-order valence-corrected chi connectivity index (χ2v) is 4.00. The topological polar surface area (TPSA) is 81.7 Å². The highest BCUT2D eigenvalue weighted by Gasteiger charge is 2.05. The molecule has 2 aromatic heterocycles. The molecule has 6 heteroatoms. The van der Waals surface area contributed by atoms with Crippen LogP contribution in [0, 0.1) is 0 Å². The lowest BCUT2D eigenvalue weighted by atomic mass is 10.2. The van der Waals surface area contributed by atoms with E-state index < -0.39 is 0 Å². The number of hydrogen-bond acceptors (Lipinski definition) is 5. The van der Waals surface area contributed by atoms with Gasteiger partial charge in [-0.05, 0) is 18.2 Å². The number of nitrogens with one attached hydrogen (secondary N) is 1. The van der Waals surface area contributed by atoms with Gasteiger partial charge in [-0.3, -0.25) is 4.68 Å². The van der Waals surface area contributed by atoms with Crippen molar-refractivity contribution in [3.05, 3.63) is 36.8 Å². The quantitative estimate of drug-likeness (QED) is 0.666. The Balaban J connectivity index is 2.06. The molecule has 6 nitrogen and oxygen atoms in total. The number of benzene rings is 1. The first-order valence-electron chi connectivity index (χ1n) is 5.49. The minimum Gasteiger partial charge on any atom is -0.399 e. The van der Waals surface area contributed by atoms with E-state index in [0.717, 1.165) is 22.5 Å². The van der Waals surface area contributed by atoms with E-state index in [1.165, 1.54) is 6.33 Å². The van der Waals surface area contributed by atoms with E-state index >= 15 is 0 Å². The van der Waals surface area contributed by atoms with E-state index in [0.29, 0.717) is 5.69 Å². The molecule has 3 aromatic rings. The molecule has 0 spiro atoms. The summed E-state index contributed by atoms with van der Waals surface area (Å²) in [7, 11) is 1.87. The fourth-order valence-electron chi connectivity index (χ4n) is 1.78. The predicted octanol–water partition coefficient (Wildman–Crippen LogP) is 1.69. The van der Waals surface area contributed by atoms with Crippen molar-refractivity contribution in [3.63, 3.8) is 0 Å². The van der Waals surface area contributed by atoms with Gasteiger partial charge < -0.3 is 11.1 Å². The van der Waals surface area contributed by atoms with Crippen LogP contribution >= 0.6 is 0 Å². The zero-order chi connectivity index (χ0) is 12.5. The second-order valence-electron chi connectivity index (χ2n) is 4.00. The zero-order valence-electron chi connectivity index (χ0n) is 9.83. The van der Waals surface area contributed by atoms with Gasteiger partial charge in [-0.25, -0.2) is 9.97 Å². The van der Waals surface area contributed by atoms with Crippen LogP contribution in [0.15, 0.2) is 36.8 Å². The molecular weight excluding hydrogens is 228 g/mol. The third kappa shape index (κ3) is 1.84. The Labute approximate surface area is 103 Å². The first-order valence-corrected chi connectivity index (χ1v) is 5.49. The lowest BCUT2D eigenvalue weighted by molar-refractivity contribution is 0.771. The molecule has 2 heterocycles. The number of nitrogens with zero attached hydrogens (tertiary/aromatic N) is 4. The third-order valence-corrected chi connectivity index (χ3v) is 2.62. The Morgan fingerprint density at radius 2 is 2.11 bits per heavy atom. The molecule has 1 aromatic carbocycles. The van der Waals surface area contributed by atoms with Crippen LogP contribution in [0.25, 0.3) is 10.9 Å². The second kappa shape index (κ2) is 3.99. The minimum atomic E-state index is 0.685. The summed E-state index contributed by atoms with van der Waals surface area (Å²) in [5.74, 6) is 1.47. The number of aryl methyl sites for hydroxylation is 1. The number of anilines is 3. The van der Waals surface area contributed by atoms with Gasteiger partial charge in [-0.15, -0.1) is 0 Å². The SMILES string of the molecule is Cn1ccc(Nc2ncnc3cc(N)ccc23)n1. The summed E-state index contributed by atoms with van der Waals surface area (Å²) in [5.41, 5.74) is 7.23. The van der Waals surface area contributed by atoms with Crippen molar-refractivity contribution in [2.75, 3.05) is 11.1 Å². The van der Waals surface area contributed by atoms with E-state index in [2.05, 4.69) is 20.4 Å². The van der Waals surface area contributed by atoms with Crippen LogP contribution in [-0.2, 0) is 7.05 Å². The van der Waals surface area contributed by atoms with Gasteiger partial charge in [0.05, 0.1) is 5.52 Å². The summed E-state index contributed by atoms with van der Waals surface area (Å²) in [6.07, 6.45) is 3.37. The van der Waals surface area contributed by atoms with Gasteiger partial charge in [0.1, 0.15) is 12.1 Å². The summed E-state index contributed by atoms with van der Waals surface area (Å²) in [6.45, 7) is 0. The van der Waals surface area contributed by atoms with Crippen LogP contribution in [0.3, 0.4) is 0 Å². The minimum absolute atomic E-state index is 0.685. The van der Waals surface area contributed by atoms with Crippen LogP contribution in [0.5, 0.6) is 0 Å². The average molecular weight is 240 g/mol. The number of aromatic nitrogens is 4. The summed E-state index contributed by atoms with van der Waals surface area (Å²) >= 11 is 0. The van der Waals surface area contributed by atoms with Crippen molar-refractivity contribution in [1.82, 2.24) is 19.7 Å². The monoisotopic (exact) mass is 240 g/mol. The molecular formula is C12H12N6. The fraction of sp³-hybridized carbons (Fsp3) is 0.0833. The molecule has 18 heavy (non-hydrogen) atoms. The number of nitrogen functional groups attached to an aromatic ring is 1. The summed E-state index contributed by atoms with van der Waals surface area (Å²) < 4.78 is 1.73. The van der Waals surface area contributed by atoms with Crippen LogP contribution in [-0.4, -0.2) is 19.7 Å². The van der Waals surface area contributed by atoms with Crippen molar-refractivity contribution in [2.24, 2.45) is 7.05 Å². The van der Waals surface area contributed by atoms with Crippen LogP contribution in [0.1, 0.15) is 0 Å². The molecule has 0 amide bonds. The number of rotatable bonds is 2. The maximum absolute atomic E-state index is 5.73. The molecule has 0 aliphatic carbocycles. The van der Waals surface area contributed by atoms with Gasteiger partial charge in [0, 0.05) is 30.4 Å². The largest absolute Gasteiger partial charge is 0.399 e. The molecule has 3 rings (SSSR count). The van der Waals surface area contributed by atoms with Gasteiger partial charge in [0.2, 0.25) is 0 Å². The molecule has 0 radical (unpaired) electrons. The number of nitrogens with two attached hydrogens (primary N) is 1. The first-order chi connectivity index (χ1) is 8.72. The highest BCUT2D eigenvalue weighted by Crippen LogP contribution is 2.23. The molecule has 0 fully saturated rings. The molecule has 0 atom stereocenters. The fourth-order valence-corrected chi connectivity index (χ4v) is 1.78. The highest BCUT2D eigenvalue weighted by molar-refractivity contribution is 5.91. The molecule has 90 valence electrons. The molecule has 0 aliphatic heterocycles. The highest BCUT2D eigenvalue weighted by atomic mass is 15.3. The van der Waals surface area contributed by atoms with Gasteiger partial charge in [0.25, 0.3) is 0 Å². The van der Waals surface area contributed by atoms with E-state index in [4.69, 9.17) is 5.73 Å². The summed E-state index contributed by atoms with van der Waals surface area (Å²) in [6, 6.07) is 7.43. The Morgan fingerprint density at radius 1 is 1.22 bits per heavy atom. The van der Waals surface area contributed by atoms with Gasteiger partial charge >= 0.3 is 0 Å². The molecule has 0 aliphatic rings. The van der Waals surface area contributed by atoms with Gasteiger partial charge in [0.15, 0.2) is 5.82 Å². The summed E-state index contributed by atoms with van der Waals surface area (Å²) in [4.78, 5) is 8.42. The van der Waals surface area contributed by atoms with Crippen LogP contribution in [0.4, 0.5) is 17.3 Å². The maximum atomic E-state index is 5.73. The van der Waals surface area contributed by atoms with Gasteiger partial charge in [-0.1, -0.05) is 0 Å². The Morgan fingerprint density at radius 3 is 2.89 bits per heavy atom. The van der Waals surface area contributed by atoms with Crippen molar-refractivity contribution in [2.45, 2.75) is 0 Å². The molecule has 0 unspecified atom stereocenters. The van der Waals surface area contributed by atoms with E-state index in [1.54, 1.807) is 4.68 Å². The van der Waals surface area contributed by atoms with E-state index in [-0.39, 0.29) is 0 Å². The smallest absolute Gasteiger partial charge is 0.153 e. The van der Waals surface area contributed by atoms with Crippen molar-refractivity contribution in [1.29, 1.82) is 0 Å². The standard InChI is InChI=1S/C12H12N6/c1-18-5-4-11(17-18)16-12-9-3-2-8(13)6-10(9)14-7-15-12/h2-7H,13H2,1H3,(H,14,15,16,17). The molecule has 0 saturated carbocycles. The Bertz CT molecular complexity index is 703. The molecule has 0 bridgehead atoms. The van der Waals surface area contributed by atoms with E-state index in [1.807, 2.05) is 37.5 Å². The average Bonchev–Trinajstić information content (AvgIpc) is 2.75. The van der Waals surface area contributed by atoms with Crippen molar-refractivity contribution in [3.8, 4) is 0 Å². The zero-order valence-corrected chi connectivity index (χ0v) is 9.83. The lowest BCUT2D eigenvalue weighted by Gasteiger charge is -2.06. The predicted molar refractivity (Wildman–Crippen MR) is 70.4 cm³/mol. The maximum Gasteiger partial charge on any atom is 0.153 e. The van der Waals surface area contributed by atoms with Crippen LogP contribution < -0.4 is 11.1 Å². The van der Waals surface area contributed by atoms with Crippen molar-refractivity contribution < 1.29 is 0 Å². The summed E-state index contributed by atoms with van der Waals surface area (Å²) in [5, 5.41) is 8.33. The first kappa shape index (κ1) is 10.5. The van der Waals surface area contributed by atoms with Gasteiger partial charge in [-0.2, -0.15) is 5.10 Å². The normalized spacial score (nSPS) is 10.7. The number of fused-ring (bicyclic) bond motifs is 1. The van der Waals surface area contributed by atoms with Crippen LogP contribution in [0.2, 0.25) is 0 Å². The lowest BCUT2D eigenvalue weighted by Crippen LogP contribution is -1.98. The Kier molecular flexibility index (Phi) is 2.33. The molecule has 0 saturated heterocycles. The molecule has 3 N–H and O–H groups in total. The Hall–Kier alpha value is -2.63. The number of hydrogen-bond donors (Lipinski definition) is 2.